The van der Waals surface area contributed by atoms with Crippen molar-refractivity contribution in [3.63, 3.8) is 0 Å². The number of carboxylic acids is 1. The summed E-state index contributed by atoms with van der Waals surface area (Å²) in [4.78, 5) is 31.4. The normalized spacial score (nSPS) is 12.0. The molecule has 1 aromatic heterocycles. The van der Waals surface area contributed by atoms with E-state index in [4.69, 9.17) is 5.11 Å². The fraction of sp³-hybridized carbons (Fsp3) is 0.571. The Hall–Kier alpha value is -1.63. The van der Waals surface area contributed by atoms with Gasteiger partial charge in [0.1, 0.15) is 6.04 Å². The fourth-order valence-electron chi connectivity index (χ4n) is 2.01. The van der Waals surface area contributed by atoms with Gasteiger partial charge in [-0.2, -0.15) is 0 Å². The van der Waals surface area contributed by atoms with Gasteiger partial charge in [-0.05, 0) is 38.5 Å². The number of nitrogens with one attached hydrogen (secondary N) is 1. The summed E-state index contributed by atoms with van der Waals surface area (Å²) >= 11 is 1.48. The molecule has 0 bridgehead atoms. The van der Waals surface area contributed by atoms with E-state index < -0.39 is 12.0 Å². The third kappa shape index (κ3) is 5.00. The molecule has 116 valence electrons. The smallest absolute Gasteiger partial charge is 0.326 e. The second-order valence-corrected chi connectivity index (χ2v) is 5.50. The van der Waals surface area contributed by atoms with E-state index in [0.29, 0.717) is 12.8 Å². The first kappa shape index (κ1) is 17.4. The Labute approximate surface area is 128 Å². The Morgan fingerprint density at radius 2 is 1.86 bits per heavy atom. The number of hydrogen-bond acceptors (Lipinski definition) is 5. The molecule has 0 aliphatic heterocycles. The highest BCUT2D eigenvalue weighted by Crippen LogP contribution is 2.17. The van der Waals surface area contributed by atoms with Crippen molar-refractivity contribution in [1.82, 2.24) is 15.3 Å². The summed E-state index contributed by atoms with van der Waals surface area (Å²) in [6.45, 7) is 5.52. The molecule has 1 heterocycles. The lowest BCUT2D eigenvalue weighted by Crippen LogP contribution is -2.40. The standard InChI is InChI=1S/C14H21N3O3S/c1-5-11(13(19)20)17-12(18)7-6-10-8(2)15-14(21-4)16-9(10)3/h11H,5-7H2,1-4H3,(H,17,18)(H,19,20). The van der Waals surface area contributed by atoms with E-state index in [-0.39, 0.29) is 12.3 Å². The molecule has 0 spiro atoms. The van der Waals surface area contributed by atoms with Crippen molar-refractivity contribution in [3.8, 4) is 0 Å². The Bertz CT molecular complexity index is 511. The summed E-state index contributed by atoms with van der Waals surface area (Å²) in [6, 6.07) is -0.824. The summed E-state index contributed by atoms with van der Waals surface area (Å²) in [5.74, 6) is -1.28. The van der Waals surface area contributed by atoms with Gasteiger partial charge in [0.2, 0.25) is 5.91 Å². The number of aliphatic carboxylic acids is 1. The van der Waals surface area contributed by atoms with E-state index >= 15 is 0 Å². The molecule has 0 aliphatic rings. The first-order chi connectivity index (χ1) is 9.88. The quantitative estimate of drug-likeness (QED) is 0.588. The van der Waals surface area contributed by atoms with Crippen molar-refractivity contribution in [2.45, 2.75) is 51.2 Å². The van der Waals surface area contributed by atoms with Gasteiger partial charge in [-0.25, -0.2) is 14.8 Å². The minimum absolute atomic E-state index is 0.230. The molecule has 0 aromatic carbocycles. The number of carbonyl (C=O) groups is 2. The SMILES string of the molecule is CCC(NC(=O)CCc1c(C)nc(SC)nc1C)C(=O)O. The lowest BCUT2D eigenvalue weighted by molar-refractivity contribution is -0.141. The molecular weight excluding hydrogens is 290 g/mol. The largest absolute Gasteiger partial charge is 0.480 e. The summed E-state index contributed by atoms with van der Waals surface area (Å²) < 4.78 is 0. The van der Waals surface area contributed by atoms with Crippen LogP contribution in [0.4, 0.5) is 0 Å². The van der Waals surface area contributed by atoms with Crippen molar-refractivity contribution >= 4 is 23.6 Å². The maximum atomic E-state index is 11.8. The van der Waals surface area contributed by atoms with Gasteiger partial charge in [-0.1, -0.05) is 18.7 Å². The molecule has 0 fully saturated rings. The van der Waals surface area contributed by atoms with Crippen LogP contribution in [0, 0.1) is 13.8 Å². The van der Waals surface area contributed by atoms with Gasteiger partial charge in [0.15, 0.2) is 5.16 Å². The summed E-state index contributed by atoms with van der Waals surface area (Å²) in [5.41, 5.74) is 2.68. The molecule has 0 saturated carbocycles. The van der Waals surface area contributed by atoms with Gasteiger partial charge < -0.3 is 10.4 Å². The highest BCUT2D eigenvalue weighted by Gasteiger charge is 2.18. The molecule has 0 radical (unpaired) electrons. The predicted octanol–water partition coefficient (Wildman–Crippen LogP) is 1.73. The Morgan fingerprint density at radius 1 is 1.29 bits per heavy atom. The highest BCUT2D eigenvalue weighted by molar-refractivity contribution is 7.98. The molecule has 1 rings (SSSR count). The average Bonchev–Trinajstić information content (AvgIpc) is 2.43. The van der Waals surface area contributed by atoms with E-state index in [1.54, 1.807) is 6.92 Å². The molecule has 1 unspecified atom stereocenters. The van der Waals surface area contributed by atoms with Crippen LogP contribution in [0.3, 0.4) is 0 Å². The minimum atomic E-state index is -1.01. The van der Waals surface area contributed by atoms with Gasteiger partial charge in [-0.15, -0.1) is 0 Å². The minimum Gasteiger partial charge on any atom is -0.480 e. The first-order valence-electron chi connectivity index (χ1n) is 6.79. The number of aryl methyl sites for hydroxylation is 2. The van der Waals surface area contributed by atoms with Crippen molar-refractivity contribution in [3.05, 3.63) is 17.0 Å². The van der Waals surface area contributed by atoms with Crippen LogP contribution >= 0.6 is 11.8 Å². The zero-order valence-electron chi connectivity index (χ0n) is 12.8. The van der Waals surface area contributed by atoms with Crippen molar-refractivity contribution < 1.29 is 14.7 Å². The van der Waals surface area contributed by atoms with Gasteiger partial charge in [0.05, 0.1) is 0 Å². The zero-order chi connectivity index (χ0) is 16.0. The molecule has 0 saturated heterocycles. The molecule has 6 nitrogen and oxygen atoms in total. The van der Waals surface area contributed by atoms with Gasteiger partial charge in [-0.3, -0.25) is 4.79 Å². The molecule has 7 heteroatoms. The molecule has 1 amide bonds. The van der Waals surface area contributed by atoms with Crippen LogP contribution in [0.5, 0.6) is 0 Å². The Kier molecular flexibility index (Phi) is 6.61. The molecule has 0 aliphatic carbocycles. The van der Waals surface area contributed by atoms with E-state index in [1.807, 2.05) is 20.1 Å². The molecule has 21 heavy (non-hydrogen) atoms. The van der Waals surface area contributed by atoms with Crippen molar-refractivity contribution in [2.75, 3.05) is 6.26 Å². The lowest BCUT2D eigenvalue weighted by Gasteiger charge is -2.13. The van der Waals surface area contributed by atoms with Crippen LogP contribution in [-0.4, -0.2) is 39.2 Å². The maximum absolute atomic E-state index is 11.8. The number of carboxylic acid groups (broad SMARTS) is 1. The van der Waals surface area contributed by atoms with Crippen LogP contribution in [0.15, 0.2) is 5.16 Å². The van der Waals surface area contributed by atoms with Crippen LogP contribution in [-0.2, 0) is 16.0 Å². The van der Waals surface area contributed by atoms with Crippen LogP contribution in [0.1, 0.15) is 36.7 Å². The van der Waals surface area contributed by atoms with E-state index in [0.717, 1.165) is 22.1 Å². The van der Waals surface area contributed by atoms with Crippen LogP contribution < -0.4 is 5.32 Å². The summed E-state index contributed by atoms with van der Waals surface area (Å²) in [6.07, 6.45) is 3.02. The molecule has 1 atom stereocenters. The van der Waals surface area contributed by atoms with Crippen LogP contribution in [0.25, 0.3) is 0 Å². The van der Waals surface area contributed by atoms with E-state index in [1.165, 1.54) is 11.8 Å². The zero-order valence-corrected chi connectivity index (χ0v) is 13.6. The first-order valence-corrected chi connectivity index (χ1v) is 8.01. The number of nitrogens with zero attached hydrogens (tertiary/aromatic N) is 2. The Morgan fingerprint density at radius 3 is 2.29 bits per heavy atom. The highest BCUT2D eigenvalue weighted by atomic mass is 32.2. The van der Waals surface area contributed by atoms with E-state index in [2.05, 4.69) is 15.3 Å². The second kappa shape index (κ2) is 7.97. The van der Waals surface area contributed by atoms with Crippen molar-refractivity contribution in [2.24, 2.45) is 0 Å². The number of hydrogen-bond donors (Lipinski definition) is 2. The fourth-order valence-corrected chi connectivity index (χ4v) is 2.46. The molecular formula is C14H21N3O3S. The molecule has 2 N–H and O–H groups in total. The predicted molar refractivity (Wildman–Crippen MR) is 81.5 cm³/mol. The third-order valence-corrected chi connectivity index (χ3v) is 3.77. The topological polar surface area (TPSA) is 92.2 Å². The van der Waals surface area contributed by atoms with Crippen molar-refractivity contribution in [1.29, 1.82) is 0 Å². The second-order valence-electron chi connectivity index (χ2n) is 4.73. The van der Waals surface area contributed by atoms with Gasteiger partial charge in [0.25, 0.3) is 0 Å². The summed E-state index contributed by atoms with van der Waals surface area (Å²) in [7, 11) is 0. The number of carbonyl (C=O) groups excluding carboxylic acids is 1. The molecule has 1 aromatic rings. The number of rotatable bonds is 7. The maximum Gasteiger partial charge on any atom is 0.326 e. The average molecular weight is 311 g/mol. The van der Waals surface area contributed by atoms with Gasteiger partial charge >= 0.3 is 5.97 Å². The van der Waals surface area contributed by atoms with Crippen LogP contribution in [0.2, 0.25) is 0 Å². The Balaban J connectivity index is 2.67. The summed E-state index contributed by atoms with van der Waals surface area (Å²) in [5, 5.41) is 12.1. The number of aromatic nitrogens is 2. The monoisotopic (exact) mass is 311 g/mol. The van der Waals surface area contributed by atoms with E-state index in [9.17, 15) is 9.59 Å². The number of amides is 1. The third-order valence-electron chi connectivity index (χ3n) is 3.23. The lowest BCUT2D eigenvalue weighted by atomic mass is 10.1. The number of thioether (sulfide) groups is 1. The van der Waals surface area contributed by atoms with Gasteiger partial charge in [0, 0.05) is 17.8 Å².